The molecule has 2 rings (SSSR count). The van der Waals surface area contributed by atoms with Gasteiger partial charge in [-0.1, -0.05) is 27.7 Å². The average Bonchev–Trinajstić information content (AvgIpc) is 2.77. The molecule has 0 aromatic carbocycles. The lowest BCUT2D eigenvalue weighted by atomic mass is 10.1. The number of ether oxygens (including phenoxy) is 1. The normalized spacial score (nSPS) is 15.2. The molecule has 0 aliphatic carbocycles. The van der Waals surface area contributed by atoms with Crippen LogP contribution in [0.3, 0.4) is 0 Å². The van der Waals surface area contributed by atoms with E-state index in [2.05, 4.69) is 23.8 Å². The van der Waals surface area contributed by atoms with Gasteiger partial charge < -0.3 is 4.74 Å². The van der Waals surface area contributed by atoms with Crippen LogP contribution in [0, 0.1) is 0 Å². The molecule has 84 valence electrons. The summed E-state index contributed by atoms with van der Waals surface area (Å²) in [5.41, 5.74) is 2.22. The summed E-state index contributed by atoms with van der Waals surface area (Å²) in [5.74, 6) is 1.40. The van der Waals surface area contributed by atoms with Gasteiger partial charge in [0.2, 0.25) is 0 Å². The Morgan fingerprint density at radius 2 is 2.13 bits per heavy atom. The standard InChI is InChI=1S/C10H14N2O.C2H6/c1-3-7(2)10-11-4-8-5-13-6-9(8)12-10;1-2/h4,7H,3,5-6H2,1-2H3;1-2H3. The highest BCUT2D eigenvalue weighted by Gasteiger charge is 2.15. The maximum Gasteiger partial charge on any atom is 0.131 e. The van der Waals surface area contributed by atoms with Crippen LogP contribution in [0.15, 0.2) is 6.20 Å². The Morgan fingerprint density at radius 3 is 2.80 bits per heavy atom. The predicted octanol–water partition coefficient (Wildman–Crippen LogP) is 3.05. The summed E-state index contributed by atoms with van der Waals surface area (Å²) in [6.07, 6.45) is 2.98. The first-order chi connectivity index (χ1) is 7.31. The first-order valence-corrected chi connectivity index (χ1v) is 5.73. The zero-order chi connectivity index (χ0) is 11.3. The molecule has 15 heavy (non-hydrogen) atoms. The summed E-state index contributed by atoms with van der Waals surface area (Å²) >= 11 is 0. The third kappa shape index (κ3) is 2.75. The Balaban J connectivity index is 0.000000531. The lowest BCUT2D eigenvalue weighted by Crippen LogP contribution is -2.02. The van der Waals surface area contributed by atoms with Crippen molar-refractivity contribution in [1.82, 2.24) is 9.97 Å². The molecule has 0 bridgehead atoms. The quantitative estimate of drug-likeness (QED) is 0.749. The number of hydrogen-bond donors (Lipinski definition) is 0. The molecule has 1 unspecified atom stereocenters. The molecular weight excluding hydrogens is 188 g/mol. The summed E-state index contributed by atoms with van der Waals surface area (Å²) in [6, 6.07) is 0. The van der Waals surface area contributed by atoms with Crippen LogP contribution in [0.1, 0.15) is 57.1 Å². The van der Waals surface area contributed by atoms with Gasteiger partial charge in [-0.25, -0.2) is 9.97 Å². The van der Waals surface area contributed by atoms with Crippen LogP contribution >= 0.6 is 0 Å². The first kappa shape index (κ1) is 12.1. The summed E-state index contributed by atoms with van der Waals surface area (Å²) in [7, 11) is 0. The van der Waals surface area contributed by atoms with Crippen molar-refractivity contribution in [3.05, 3.63) is 23.3 Å². The van der Waals surface area contributed by atoms with Crippen molar-refractivity contribution >= 4 is 0 Å². The zero-order valence-electron chi connectivity index (χ0n) is 10.1. The van der Waals surface area contributed by atoms with E-state index in [-0.39, 0.29) is 0 Å². The monoisotopic (exact) mass is 208 g/mol. The fourth-order valence-corrected chi connectivity index (χ4v) is 1.38. The fraction of sp³-hybridized carbons (Fsp3) is 0.667. The lowest BCUT2D eigenvalue weighted by Gasteiger charge is -2.07. The minimum Gasteiger partial charge on any atom is -0.370 e. The maximum atomic E-state index is 5.28. The van der Waals surface area contributed by atoms with Gasteiger partial charge in [-0.3, -0.25) is 0 Å². The van der Waals surface area contributed by atoms with E-state index in [1.165, 1.54) is 0 Å². The molecule has 0 N–H and O–H groups in total. The van der Waals surface area contributed by atoms with Crippen LogP contribution in [-0.4, -0.2) is 9.97 Å². The molecule has 0 saturated carbocycles. The van der Waals surface area contributed by atoms with E-state index in [9.17, 15) is 0 Å². The van der Waals surface area contributed by atoms with E-state index in [4.69, 9.17) is 4.74 Å². The number of rotatable bonds is 2. The van der Waals surface area contributed by atoms with Crippen molar-refractivity contribution in [2.45, 2.75) is 53.2 Å². The number of nitrogens with zero attached hydrogens (tertiary/aromatic N) is 2. The average molecular weight is 208 g/mol. The molecule has 0 amide bonds. The van der Waals surface area contributed by atoms with Gasteiger partial charge in [0.15, 0.2) is 0 Å². The second-order valence-corrected chi connectivity index (χ2v) is 3.50. The minimum absolute atomic E-state index is 0.450. The van der Waals surface area contributed by atoms with E-state index in [1.807, 2.05) is 20.0 Å². The van der Waals surface area contributed by atoms with E-state index in [1.54, 1.807) is 0 Å². The highest BCUT2D eigenvalue weighted by Crippen LogP contribution is 2.20. The third-order valence-electron chi connectivity index (χ3n) is 2.52. The number of aromatic nitrogens is 2. The van der Waals surface area contributed by atoms with Gasteiger partial charge in [0, 0.05) is 17.7 Å². The Bertz CT molecular complexity index is 312. The summed E-state index contributed by atoms with van der Waals surface area (Å²) in [5, 5.41) is 0. The van der Waals surface area contributed by atoms with Crippen molar-refractivity contribution < 1.29 is 4.74 Å². The predicted molar refractivity (Wildman–Crippen MR) is 60.6 cm³/mol. The molecule has 0 spiro atoms. The van der Waals surface area contributed by atoms with Gasteiger partial charge in [-0.2, -0.15) is 0 Å². The Labute approximate surface area is 91.9 Å². The minimum atomic E-state index is 0.450. The molecule has 3 heteroatoms. The Hall–Kier alpha value is -0.960. The van der Waals surface area contributed by atoms with Gasteiger partial charge in [0.25, 0.3) is 0 Å². The van der Waals surface area contributed by atoms with Crippen molar-refractivity contribution in [1.29, 1.82) is 0 Å². The van der Waals surface area contributed by atoms with Crippen LogP contribution in [0.25, 0.3) is 0 Å². The first-order valence-electron chi connectivity index (χ1n) is 5.73. The van der Waals surface area contributed by atoms with E-state index in [0.717, 1.165) is 23.5 Å². The molecule has 0 saturated heterocycles. The number of hydrogen-bond acceptors (Lipinski definition) is 3. The number of fused-ring (bicyclic) bond motifs is 1. The third-order valence-corrected chi connectivity index (χ3v) is 2.52. The Kier molecular flexibility index (Phi) is 4.69. The Morgan fingerprint density at radius 1 is 1.40 bits per heavy atom. The van der Waals surface area contributed by atoms with Gasteiger partial charge in [0.1, 0.15) is 5.82 Å². The lowest BCUT2D eigenvalue weighted by molar-refractivity contribution is 0.133. The van der Waals surface area contributed by atoms with Crippen LogP contribution in [0.5, 0.6) is 0 Å². The SMILES string of the molecule is CC.CCC(C)c1ncc2c(n1)COC2. The molecule has 1 aromatic rings. The van der Waals surface area contributed by atoms with Crippen molar-refractivity contribution in [2.75, 3.05) is 0 Å². The summed E-state index contributed by atoms with van der Waals surface area (Å²) in [4.78, 5) is 8.82. The molecular formula is C12H20N2O. The molecule has 1 atom stereocenters. The molecule has 1 aromatic heterocycles. The summed E-state index contributed by atoms with van der Waals surface area (Å²) in [6.45, 7) is 9.63. The van der Waals surface area contributed by atoms with Crippen LogP contribution in [0.2, 0.25) is 0 Å². The van der Waals surface area contributed by atoms with Gasteiger partial charge in [-0.15, -0.1) is 0 Å². The molecule has 1 aliphatic heterocycles. The van der Waals surface area contributed by atoms with Crippen LogP contribution in [0.4, 0.5) is 0 Å². The van der Waals surface area contributed by atoms with Crippen molar-refractivity contribution in [3.8, 4) is 0 Å². The molecule has 1 aliphatic rings. The van der Waals surface area contributed by atoms with E-state index >= 15 is 0 Å². The highest BCUT2D eigenvalue weighted by molar-refractivity contribution is 5.19. The largest absolute Gasteiger partial charge is 0.370 e. The van der Waals surface area contributed by atoms with Gasteiger partial charge in [0.05, 0.1) is 18.9 Å². The second kappa shape index (κ2) is 5.81. The van der Waals surface area contributed by atoms with E-state index < -0.39 is 0 Å². The molecule has 2 heterocycles. The van der Waals surface area contributed by atoms with Crippen molar-refractivity contribution in [3.63, 3.8) is 0 Å². The summed E-state index contributed by atoms with van der Waals surface area (Å²) < 4.78 is 5.28. The van der Waals surface area contributed by atoms with Gasteiger partial charge in [-0.05, 0) is 6.42 Å². The highest BCUT2D eigenvalue weighted by atomic mass is 16.5. The maximum absolute atomic E-state index is 5.28. The second-order valence-electron chi connectivity index (χ2n) is 3.50. The molecule has 0 fully saturated rings. The fourth-order valence-electron chi connectivity index (χ4n) is 1.38. The smallest absolute Gasteiger partial charge is 0.131 e. The molecule has 0 radical (unpaired) electrons. The van der Waals surface area contributed by atoms with Gasteiger partial charge >= 0.3 is 0 Å². The van der Waals surface area contributed by atoms with Crippen molar-refractivity contribution in [2.24, 2.45) is 0 Å². The van der Waals surface area contributed by atoms with Crippen LogP contribution < -0.4 is 0 Å². The molecule has 3 nitrogen and oxygen atoms in total. The van der Waals surface area contributed by atoms with E-state index in [0.29, 0.717) is 19.1 Å². The topological polar surface area (TPSA) is 35.0 Å². The zero-order valence-corrected chi connectivity index (χ0v) is 10.1. The van der Waals surface area contributed by atoms with Crippen LogP contribution in [-0.2, 0) is 18.0 Å².